The molecule has 0 spiro atoms. The number of carbonyl (C=O) groups excluding carboxylic acids is 2. The Labute approximate surface area is 259 Å². The molecule has 2 atom stereocenters. The molecule has 2 amide bonds. The van der Waals surface area contributed by atoms with Crippen LogP contribution in [-0.4, -0.2) is 38.7 Å². The van der Waals surface area contributed by atoms with E-state index in [1.807, 2.05) is 42.6 Å². The number of amides is 2. The van der Waals surface area contributed by atoms with Crippen LogP contribution in [-0.2, 0) is 16.1 Å². The highest BCUT2D eigenvalue weighted by atomic mass is 32.2. The number of anilines is 1. The molecular weight excluding hydrogens is 554 g/mol. The van der Waals surface area contributed by atoms with E-state index in [1.165, 1.54) is 22.2 Å². The summed E-state index contributed by atoms with van der Waals surface area (Å²) in [5, 5.41) is 4.54. The van der Waals surface area contributed by atoms with Crippen molar-refractivity contribution in [2.75, 3.05) is 16.8 Å². The predicted octanol–water partition coefficient (Wildman–Crippen LogP) is 8.06. The number of rotatable bonds is 8. The number of thioether (sulfide) groups is 1. The first-order valence-electron chi connectivity index (χ1n) is 15.4. The van der Waals surface area contributed by atoms with Crippen LogP contribution in [0.3, 0.4) is 0 Å². The molecule has 4 aromatic rings. The van der Waals surface area contributed by atoms with Gasteiger partial charge in [0.1, 0.15) is 11.3 Å². The first-order chi connectivity index (χ1) is 20.5. The van der Waals surface area contributed by atoms with Crippen molar-refractivity contribution in [1.82, 2.24) is 9.88 Å². The number of H-pyrrole nitrogens is 1. The molecular formula is C36H43N3O3S. The maximum atomic E-state index is 14.6. The summed E-state index contributed by atoms with van der Waals surface area (Å²) in [6.07, 6.45) is 3.25. The number of furan rings is 1. The van der Waals surface area contributed by atoms with Gasteiger partial charge in [-0.3, -0.25) is 9.59 Å². The van der Waals surface area contributed by atoms with Crippen molar-refractivity contribution in [2.24, 2.45) is 11.3 Å². The van der Waals surface area contributed by atoms with Gasteiger partial charge in [-0.1, -0.05) is 49.7 Å². The summed E-state index contributed by atoms with van der Waals surface area (Å²) in [6, 6.07) is 16.4. The largest absolute Gasteiger partial charge is 0.467 e. The molecule has 0 radical (unpaired) electrons. The van der Waals surface area contributed by atoms with Crippen molar-refractivity contribution in [1.29, 1.82) is 0 Å². The van der Waals surface area contributed by atoms with Crippen LogP contribution in [0.15, 0.2) is 59.2 Å². The van der Waals surface area contributed by atoms with E-state index >= 15 is 0 Å². The zero-order chi connectivity index (χ0) is 30.5. The number of para-hydroxylation sites is 1. The molecule has 2 fully saturated rings. The maximum absolute atomic E-state index is 14.6. The van der Waals surface area contributed by atoms with Crippen molar-refractivity contribution in [3.8, 4) is 0 Å². The molecule has 2 aromatic heterocycles. The molecule has 1 aliphatic carbocycles. The first kappa shape index (κ1) is 29.6. The highest BCUT2D eigenvalue weighted by molar-refractivity contribution is 7.99. The Kier molecular flexibility index (Phi) is 7.74. The van der Waals surface area contributed by atoms with Crippen LogP contribution in [0, 0.1) is 39.0 Å². The maximum Gasteiger partial charge on any atom is 0.250 e. The Balaban J connectivity index is 1.34. The minimum absolute atomic E-state index is 0.0221. The summed E-state index contributed by atoms with van der Waals surface area (Å²) in [7, 11) is 0. The van der Waals surface area contributed by atoms with Gasteiger partial charge in [-0.05, 0) is 104 Å². The van der Waals surface area contributed by atoms with E-state index in [0.717, 1.165) is 33.8 Å². The zero-order valence-electron chi connectivity index (χ0n) is 26.2. The summed E-state index contributed by atoms with van der Waals surface area (Å²) < 4.78 is 5.77. The van der Waals surface area contributed by atoms with Crippen LogP contribution in [0.25, 0.3) is 10.9 Å². The number of nitrogens with zero attached hydrogens (tertiary/aromatic N) is 1. The van der Waals surface area contributed by atoms with Gasteiger partial charge in [-0.2, -0.15) is 11.8 Å². The minimum Gasteiger partial charge on any atom is -0.467 e. The molecule has 7 heteroatoms. The van der Waals surface area contributed by atoms with E-state index in [2.05, 4.69) is 74.4 Å². The molecule has 1 aliphatic heterocycles. The topological polar surface area (TPSA) is 78.3 Å². The molecule has 2 N–H and O–H groups in total. The second kappa shape index (κ2) is 11.2. The fourth-order valence-electron chi connectivity index (χ4n) is 7.67. The SMILES string of the molecule is Cc1cc(C)c(NC(=O)C2(N(Cc3ccco3)C(=O)C[C@@H]3[C@H](c4c(C)[nH]c5ccccc45)C3(C)C)CCSCC2)c(C)c1. The average molecular weight is 598 g/mol. The van der Waals surface area contributed by atoms with Crippen molar-refractivity contribution >= 4 is 40.2 Å². The van der Waals surface area contributed by atoms with Gasteiger partial charge in [0.15, 0.2) is 0 Å². The number of nitrogens with one attached hydrogen (secondary N) is 2. The molecule has 2 aromatic carbocycles. The summed E-state index contributed by atoms with van der Waals surface area (Å²) in [5.74, 6) is 2.72. The van der Waals surface area contributed by atoms with Gasteiger partial charge < -0.3 is 19.6 Å². The number of hydrogen-bond donors (Lipinski definition) is 2. The highest BCUT2D eigenvalue weighted by Crippen LogP contribution is 2.67. The molecule has 1 saturated carbocycles. The quantitative estimate of drug-likeness (QED) is 0.215. The highest BCUT2D eigenvalue weighted by Gasteiger charge is 2.60. The molecule has 43 heavy (non-hydrogen) atoms. The number of carbonyl (C=O) groups is 2. The molecule has 2 aliphatic rings. The summed E-state index contributed by atoms with van der Waals surface area (Å²) in [6.45, 7) is 13.1. The number of benzene rings is 2. The molecule has 6 nitrogen and oxygen atoms in total. The van der Waals surface area contributed by atoms with Gasteiger partial charge in [-0.25, -0.2) is 0 Å². The molecule has 226 valence electrons. The Morgan fingerprint density at radius 1 is 1.02 bits per heavy atom. The van der Waals surface area contributed by atoms with Crippen LogP contribution in [0.5, 0.6) is 0 Å². The van der Waals surface area contributed by atoms with Crippen LogP contribution >= 0.6 is 11.8 Å². The monoisotopic (exact) mass is 597 g/mol. The predicted molar refractivity (Wildman–Crippen MR) is 175 cm³/mol. The molecule has 3 heterocycles. The second-order valence-electron chi connectivity index (χ2n) is 13.2. The fourth-order valence-corrected chi connectivity index (χ4v) is 8.84. The van der Waals surface area contributed by atoms with E-state index in [-0.39, 0.29) is 35.6 Å². The van der Waals surface area contributed by atoms with Gasteiger partial charge >= 0.3 is 0 Å². The van der Waals surface area contributed by atoms with Crippen molar-refractivity contribution in [3.05, 3.63) is 88.5 Å². The summed E-state index contributed by atoms with van der Waals surface area (Å²) in [5.41, 5.74) is 6.72. The Morgan fingerprint density at radius 2 is 1.72 bits per heavy atom. The van der Waals surface area contributed by atoms with Gasteiger partial charge in [-0.15, -0.1) is 0 Å². The number of aromatic amines is 1. The average Bonchev–Trinajstić information content (AvgIpc) is 3.34. The number of aromatic nitrogens is 1. The van der Waals surface area contributed by atoms with Crippen molar-refractivity contribution in [3.63, 3.8) is 0 Å². The van der Waals surface area contributed by atoms with E-state index in [0.29, 0.717) is 25.0 Å². The Bertz CT molecular complexity index is 1640. The molecule has 6 rings (SSSR count). The van der Waals surface area contributed by atoms with Crippen LogP contribution < -0.4 is 5.32 Å². The van der Waals surface area contributed by atoms with Gasteiger partial charge in [0.25, 0.3) is 0 Å². The minimum atomic E-state index is -0.954. The third kappa shape index (κ3) is 5.30. The lowest BCUT2D eigenvalue weighted by Crippen LogP contribution is -2.60. The zero-order valence-corrected chi connectivity index (χ0v) is 27.0. The second-order valence-corrected chi connectivity index (χ2v) is 14.5. The first-order valence-corrected chi connectivity index (χ1v) is 16.6. The molecule has 0 unspecified atom stereocenters. The lowest BCUT2D eigenvalue weighted by molar-refractivity contribution is -0.148. The fraction of sp³-hybridized carbons (Fsp3) is 0.444. The lowest BCUT2D eigenvalue weighted by atomic mass is 9.87. The summed E-state index contributed by atoms with van der Waals surface area (Å²) >= 11 is 1.85. The van der Waals surface area contributed by atoms with E-state index < -0.39 is 5.54 Å². The van der Waals surface area contributed by atoms with Gasteiger partial charge in [0, 0.05) is 28.7 Å². The van der Waals surface area contributed by atoms with E-state index in [1.54, 1.807) is 6.26 Å². The summed E-state index contributed by atoms with van der Waals surface area (Å²) in [4.78, 5) is 34.5. The third-order valence-corrected chi connectivity index (χ3v) is 11.1. The number of aryl methyl sites for hydroxylation is 4. The molecule has 1 saturated heterocycles. The van der Waals surface area contributed by atoms with Crippen LogP contribution in [0.1, 0.15) is 72.7 Å². The van der Waals surface area contributed by atoms with Crippen LogP contribution in [0.2, 0.25) is 0 Å². The Hall–Kier alpha value is -3.45. The van der Waals surface area contributed by atoms with E-state index in [4.69, 9.17) is 4.42 Å². The van der Waals surface area contributed by atoms with Crippen LogP contribution in [0.4, 0.5) is 5.69 Å². The standard InChI is InChI=1S/C36H43N3O3S/c1-22-18-23(2)33(24(3)19-22)38-34(41)36(13-16-43-17-14-36)39(21-26-10-9-15-42-26)30(40)20-28-32(35(28,5)6)31-25(4)37-29-12-8-7-11-27(29)31/h7-12,15,18-19,28,32,37H,13-14,16-17,20-21H2,1-6H3,(H,38,41)/t28-,32-/m1/s1. The van der Waals surface area contributed by atoms with Gasteiger partial charge in [0.2, 0.25) is 11.8 Å². The van der Waals surface area contributed by atoms with Crippen molar-refractivity contribution in [2.45, 2.75) is 78.8 Å². The lowest BCUT2D eigenvalue weighted by Gasteiger charge is -2.45. The smallest absolute Gasteiger partial charge is 0.250 e. The third-order valence-electron chi connectivity index (χ3n) is 10.1. The normalized spacial score (nSPS) is 20.6. The molecule has 0 bridgehead atoms. The van der Waals surface area contributed by atoms with Crippen molar-refractivity contribution < 1.29 is 14.0 Å². The number of hydrogen-bond acceptors (Lipinski definition) is 4. The van der Waals surface area contributed by atoms with Gasteiger partial charge in [0.05, 0.1) is 12.8 Å². The Morgan fingerprint density at radius 3 is 2.40 bits per heavy atom. The van der Waals surface area contributed by atoms with E-state index in [9.17, 15) is 9.59 Å². The number of fused-ring (bicyclic) bond motifs is 1.